The molecule has 1 atom stereocenters. The molecule has 0 saturated heterocycles. The average molecular weight is 324 g/mol. The van der Waals surface area contributed by atoms with Crippen LogP contribution in [0.4, 0.5) is 0 Å². The van der Waals surface area contributed by atoms with Gasteiger partial charge in [0, 0.05) is 6.08 Å². The number of hydrogen-bond acceptors (Lipinski definition) is 5. The molecule has 2 aromatic rings. The molecule has 0 aliphatic rings. The van der Waals surface area contributed by atoms with Crippen molar-refractivity contribution in [1.29, 1.82) is 0 Å². The van der Waals surface area contributed by atoms with Crippen LogP contribution in [0.15, 0.2) is 66.7 Å². The topological polar surface area (TPSA) is 83.8 Å². The molecule has 5 heteroatoms. The van der Waals surface area contributed by atoms with E-state index in [0.717, 1.165) is 17.7 Å². The number of phenols is 1. The van der Waals surface area contributed by atoms with Crippen LogP contribution in [0.5, 0.6) is 5.75 Å². The largest absolute Gasteiger partial charge is 0.508 e. The zero-order valence-corrected chi connectivity index (χ0v) is 12.7. The second-order valence-corrected chi connectivity index (χ2v) is 4.86. The van der Waals surface area contributed by atoms with E-state index in [1.807, 2.05) is 18.2 Å². The number of carbonyl (C=O) groups is 2. The van der Waals surface area contributed by atoms with Crippen LogP contribution in [-0.4, -0.2) is 28.3 Å². The Hall–Kier alpha value is -3.18. The maximum atomic E-state index is 11.7. The van der Waals surface area contributed by atoms with Crippen molar-refractivity contribution in [2.24, 2.45) is 0 Å². The van der Waals surface area contributed by atoms with Crippen molar-refractivity contribution in [2.75, 3.05) is 0 Å². The summed E-state index contributed by atoms with van der Waals surface area (Å²) in [6, 6.07) is 15.2. The van der Waals surface area contributed by atoms with E-state index in [0.29, 0.717) is 5.56 Å². The second kappa shape index (κ2) is 8.45. The number of aromatic hydroxyl groups is 1. The molecule has 0 heterocycles. The molecule has 0 saturated carbocycles. The third-order valence-electron chi connectivity index (χ3n) is 3.02. The highest BCUT2D eigenvalue weighted by molar-refractivity contribution is 5.98. The molecule has 0 aliphatic carbocycles. The van der Waals surface area contributed by atoms with Gasteiger partial charge in [-0.1, -0.05) is 48.5 Å². The number of rotatable bonds is 6. The average Bonchev–Trinajstić information content (AvgIpc) is 2.60. The van der Waals surface area contributed by atoms with E-state index in [1.54, 1.807) is 24.3 Å². The zero-order valence-electron chi connectivity index (χ0n) is 12.7. The zero-order chi connectivity index (χ0) is 17.4. The highest BCUT2D eigenvalue weighted by atomic mass is 16.6. The predicted molar refractivity (Wildman–Crippen MR) is 89.7 cm³/mol. The van der Waals surface area contributed by atoms with Gasteiger partial charge in [0.25, 0.3) is 6.29 Å². The smallest absolute Gasteiger partial charge is 0.333 e. The Kier molecular flexibility index (Phi) is 6.05. The third kappa shape index (κ3) is 5.55. The number of aliphatic hydroxyl groups is 1. The van der Waals surface area contributed by atoms with Gasteiger partial charge in [-0.2, -0.15) is 0 Å². The van der Waals surface area contributed by atoms with Crippen molar-refractivity contribution in [2.45, 2.75) is 6.29 Å². The summed E-state index contributed by atoms with van der Waals surface area (Å²) in [7, 11) is 0. The molecular weight excluding hydrogens is 308 g/mol. The minimum atomic E-state index is -1.86. The maximum Gasteiger partial charge on any atom is 0.333 e. The lowest BCUT2D eigenvalue weighted by Crippen LogP contribution is -2.24. The van der Waals surface area contributed by atoms with Crippen LogP contribution < -0.4 is 0 Å². The van der Waals surface area contributed by atoms with E-state index in [9.17, 15) is 14.7 Å². The molecule has 0 aromatic heterocycles. The lowest BCUT2D eigenvalue weighted by molar-refractivity contribution is -0.168. The molecule has 0 radical (unpaired) electrons. The monoisotopic (exact) mass is 324 g/mol. The summed E-state index contributed by atoms with van der Waals surface area (Å²) in [5.41, 5.74) is 1.45. The van der Waals surface area contributed by atoms with Gasteiger partial charge in [0.05, 0.1) is 0 Å². The molecule has 122 valence electrons. The molecule has 0 fully saturated rings. The molecule has 0 bridgehead atoms. The first-order valence-corrected chi connectivity index (χ1v) is 7.17. The Morgan fingerprint density at radius 1 is 0.875 bits per heavy atom. The van der Waals surface area contributed by atoms with Gasteiger partial charge in [-0.25, -0.2) is 4.79 Å². The van der Waals surface area contributed by atoms with E-state index in [-0.39, 0.29) is 5.75 Å². The molecule has 2 rings (SSSR count). The molecule has 0 aliphatic heterocycles. The number of ether oxygens (including phenoxy) is 1. The van der Waals surface area contributed by atoms with Crippen LogP contribution in [0, 0.1) is 0 Å². The van der Waals surface area contributed by atoms with Crippen LogP contribution in [0.3, 0.4) is 0 Å². The number of esters is 1. The van der Waals surface area contributed by atoms with Crippen molar-refractivity contribution in [3.63, 3.8) is 0 Å². The quantitative estimate of drug-likeness (QED) is 0.485. The number of hydrogen-bond donors (Lipinski definition) is 2. The summed E-state index contributed by atoms with van der Waals surface area (Å²) < 4.78 is 4.63. The molecule has 5 nitrogen and oxygen atoms in total. The normalized spacial score (nSPS) is 12.4. The number of phenolic OH excluding ortho intramolecular Hbond substituents is 1. The Balaban J connectivity index is 1.87. The number of carbonyl (C=O) groups excluding carboxylic acids is 2. The summed E-state index contributed by atoms with van der Waals surface area (Å²) in [5, 5.41) is 18.7. The van der Waals surface area contributed by atoms with E-state index < -0.39 is 18.0 Å². The van der Waals surface area contributed by atoms with E-state index in [1.165, 1.54) is 24.3 Å². The molecule has 0 amide bonds. The maximum absolute atomic E-state index is 11.7. The molecule has 2 aromatic carbocycles. The second-order valence-electron chi connectivity index (χ2n) is 4.86. The van der Waals surface area contributed by atoms with Gasteiger partial charge >= 0.3 is 5.97 Å². The van der Waals surface area contributed by atoms with Gasteiger partial charge in [-0.15, -0.1) is 0 Å². The summed E-state index contributed by atoms with van der Waals surface area (Å²) in [6.07, 6.45) is 3.34. The lowest BCUT2D eigenvalue weighted by atomic mass is 10.2. The Morgan fingerprint density at radius 2 is 1.46 bits per heavy atom. The van der Waals surface area contributed by atoms with Crippen LogP contribution in [0.2, 0.25) is 0 Å². The van der Waals surface area contributed by atoms with Gasteiger partial charge in [-0.05, 0) is 35.4 Å². The highest BCUT2D eigenvalue weighted by Gasteiger charge is 2.15. The van der Waals surface area contributed by atoms with Crippen molar-refractivity contribution in [3.8, 4) is 5.75 Å². The molecular formula is C19H16O5. The Morgan fingerprint density at radius 3 is 2.12 bits per heavy atom. The van der Waals surface area contributed by atoms with Crippen LogP contribution >= 0.6 is 0 Å². The predicted octanol–water partition coefficient (Wildman–Crippen LogP) is 2.55. The molecule has 24 heavy (non-hydrogen) atoms. The molecule has 0 spiro atoms. The van der Waals surface area contributed by atoms with E-state index in [4.69, 9.17) is 5.11 Å². The summed E-state index contributed by atoms with van der Waals surface area (Å²) >= 11 is 0. The first kappa shape index (κ1) is 17.2. The summed E-state index contributed by atoms with van der Waals surface area (Å²) in [6.45, 7) is 0. The first-order chi connectivity index (χ1) is 11.5. The number of benzene rings is 2. The van der Waals surface area contributed by atoms with E-state index >= 15 is 0 Å². The third-order valence-corrected chi connectivity index (χ3v) is 3.02. The van der Waals surface area contributed by atoms with Crippen molar-refractivity contribution in [1.82, 2.24) is 0 Å². The number of aliphatic hydroxyl groups excluding tert-OH is 1. The fourth-order valence-corrected chi connectivity index (χ4v) is 1.78. The summed E-state index contributed by atoms with van der Waals surface area (Å²) in [4.78, 5) is 23.3. The van der Waals surface area contributed by atoms with Crippen molar-refractivity contribution < 1.29 is 24.5 Å². The van der Waals surface area contributed by atoms with Crippen molar-refractivity contribution in [3.05, 3.63) is 77.9 Å². The molecule has 2 N–H and O–H groups in total. The van der Waals surface area contributed by atoms with Crippen molar-refractivity contribution >= 4 is 23.9 Å². The summed E-state index contributed by atoms with van der Waals surface area (Å²) in [5.74, 6) is -1.47. The highest BCUT2D eigenvalue weighted by Crippen LogP contribution is 2.11. The lowest BCUT2D eigenvalue weighted by Gasteiger charge is -2.06. The first-order valence-electron chi connectivity index (χ1n) is 7.17. The molecule has 1 unspecified atom stereocenters. The van der Waals surface area contributed by atoms with Gasteiger partial charge < -0.3 is 14.9 Å². The van der Waals surface area contributed by atoms with Gasteiger partial charge in [0.1, 0.15) is 5.75 Å². The van der Waals surface area contributed by atoms with Gasteiger partial charge in [0.2, 0.25) is 5.78 Å². The standard InChI is InChI=1S/C19H16O5/c20-16-10-6-15(7-11-16)9-13-18(22)24-19(23)17(21)12-8-14-4-2-1-3-5-14/h1-13,19-20,23H. The van der Waals surface area contributed by atoms with E-state index in [2.05, 4.69) is 4.74 Å². The SMILES string of the molecule is O=C(C=Cc1ccc(O)cc1)OC(O)C(=O)C=Cc1ccccc1. The van der Waals surface area contributed by atoms with Crippen LogP contribution in [-0.2, 0) is 14.3 Å². The fourth-order valence-electron chi connectivity index (χ4n) is 1.78. The number of ketones is 1. The Labute approximate surface area is 139 Å². The van der Waals surface area contributed by atoms with Crippen LogP contribution in [0.25, 0.3) is 12.2 Å². The van der Waals surface area contributed by atoms with Gasteiger partial charge in [-0.3, -0.25) is 4.79 Å². The Bertz CT molecular complexity index is 745. The van der Waals surface area contributed by atoms with Gasteiger partial charge in [0.15, 0.2) is 0 Å². The minimum absolute atomic E-state index is 0.112. The fraction of sp³-hybridized carbons (Fsp3) is 0.0526. The minimum Gasteiger partial charge on any atom is -0.508 e. The van der Waals surface area contributed by atoms with Crippen LogP contribution in [0.1, 0.15) is 11.1 Å².